The van der Waals surface area contributed by atoms with Crippen LogP contribution in [0.1, 0.15) is 10.5 Å². The van der Waals surface area contributed by atoms with Crippen LogP contribution in [0.25, 0.3) is 5.65 Å². The summed E-state index contributed by atoms with van der Waals surface area (Å²) in [6, 6.07) is 0. The molecule has 2 heterocycles. The summed E-state index contributed by atoms with van der Waals surface area (Å²) >= 11 is 0. The molecule has 0 aromatic carbocycles. The van der Waals surface area contributed by atoms with E-state index in [0.717, 1.165) is 0 Å². The zero-order valence-electron chi connectivity index (χ0n) is 8.01. The third-order valence-corrected chi connectivity index (χ3v) is 1.94. The number of fused-ring (bicyclic) bond motifs is 1. The fraction of sp³-hybridized carbons (Fsp3) is 0.222. The molecule has 2 aromatic rings. The Hall–Kier alpha value is -1.91. The summed E-state index contributed by atoms with van der Waals surface area (Å²) in [7, 11) is 3.42. The lowest BCUT2D eigenvalue weighted by molar-refractivity contribution is 0.0821. The lowest BCUT2D eigenvalue weighted by Gasteiger charge is -2.08. The van der Waals surface area contributed by atoms with Crippen molar-refractivity contribution < 1.29 is 4.79 Å². The molecule has 0 aliphatic rings. The second kappa shape index (κ2) is 3.10. The predicted molar refractivity (Wildman–Crippen MR) is 51.0 cm³/mol. The molecular formula is C9H10N4O. The maximum absolute atomic E-state index is 11.7. The van der Waals surface area contributed by atoms with Gasteiger partial charge in [0.2, 0.25) is 0 Å². The fourth-order valence-corrected chi connectivity index (χ4v) is 1.23. The van der Waals surface area contributed by atoms with Gasteiger partial charge in [-0.3, -0.25) is 14.2 Å². The van der Waals surface area contributed by atoms with Crippen molar-refractivity contribution in [1.82, 2.24) is 19.3 Å². The topological polar surface area (TPSA) is 50.5 Å². The van der Waals surface area contributed by atoms with E-state index >= 15 is 0 Å². The van der Waals surface area contributed by atoms with Gasteiger partial charge in [-0.05, 0) is 0 Å². The Bertz CT molecular complexity index is 474. The molecule has 14 heavy (non-hydrogen) atoms. The first-order valence-corrected chi connectivity index (χ1v) is 4.19. The Morgan fingerprint density at radius 3 is 2.93 bits per heavy atom. The molecule has 1 amide bonds. The first-order chi connectivity index (χ1) is 6.70. The lowest BCUT2D eigenvalue weighted by atomic mass is 10.4. The SMILES string of the molecule is CN(C)C(=O)c1cnc2cnccn12. The smallest absolute Gasteiger partial charge is 0.271 e. The minimum atomic E-state index is -0.0660. The maximum atomic E-state index is 11.7. The summed E-state index contributed by atoms with van der Waals surface area (Å²) < 4.78 is 1.72. The number of hydrogen-bond acceptors (Lipinski definition) is 3. The number of imidazole rings is 1. The van der Waals surface area contributed by atoms with Crippen molar-refractivity contribution in [2.75, 3.05) is 14.1 Å². The molecule has 2 aromatic heterocycles. The second-order valence-corrected chi connectivity index (χ2v) is 3.15. The molecule has 0 N–H and O–H groups in total. The average Bonchev–Trinajstić information content (AvgIpc) is 2.60. The van der Waals surface area contributed by atoms with E-state index in [9.17, 15) is 4.79 Å². The van der Waals surface area contributed by atoms with Gasteiger partial charge < -0.3 is 4.90 Å². The highest BCUT2D eigenvalue weighted by atomic mass is 16.2. The summed E-state index contributed by atoms with van der Waals surface area (Å²) in [5.41, 5.74) is 1.23. The normalized spacial score (nSPS) is 10.4. The molecule has 72 valence electrons. The van der Waals surface area contributed by atoms with Crippen molar-refractivity contribution in [1.29, 1.82) is 0 Å². The van der Waals surface area contributed by atoms with Gasteiger partial charge in [0.25, 0.3) is 5.91 Å². The van der Waals surface area contributed by atoms with Gasteiger partial charge >= 0.3 is 0 Å². The van der Waals surface area contributed by atoms with Gasteiger partial charge in [-0.1, -0.05) is 0 Å². The van der Waals surface area contributed by atoms with E-state index < -0.39 is 0 Å². The van der Waals surface area contributed by atoms with E-state index in [-0.39, 0.29) is 5.91 Å². The fourth-order valence-electron chi connectivity index (χ4n) is 1.23. The molecule has 0 atom stereocenters. The van der Waals surface area contributed by atoms with Crippen LogP contribution >= 0.6 is 0 Å². The highest BCUT2D eigenvalue weighted by Gasteiger charge is 2.12. The van der Waals surface area contributed by atoms with Crippen molar-refractivity contribution >= 4 is 11.6 Å². The molecule has 5 heteroatoms. The number of carbonyl (C=O) groups is 1. The van der Waals surface area contributed by atoms with Crippen LogP contribution in [0.2, 0.25) is 0 Å². The van der Waals surface area contributed by atoms with Crippen molar-refractivity contribution in [2.45, 2.75) is 0 Å². The average molecular weight is 190 g/mol. The lowest BCUT2D eigenvalue weighted by Crippen LogP contribution is -2.23. The Labute approximate surface area is 81.0 Å². The first kappa shape index (κ1) is 8.68. The van der Waals surface area contributed by atoms with E-state index in [1.807, 2.05) is 0 Å². The monoisotopic (exact) mass is 190 g/mol. The third kappa shape index (κ3) is 1.22. The van der Waals surface area contributed by atoms with Crippen LogP contribution in [-0.2, 0) is 0 Å². The highest BCUT2D eigenvalue weighted by molar-refractivity contribution is 5.92. The molecule has 5 nitrogen and oxygen atoms in total. The molecule has 0 bridgehead atoms. The van der Waals surface area contributed by atoms with E-state index in [1.165, 1.54) is 4.90 Å². The van der Waals surface area contributed by atoms with E-state index in [0.29, 0.717) is 11.3 Å². The Balaban J connectivity index is 2.58. The standard InChI is InChI=1S/C9H10N4O/c1-12(2)9(14)7-5-11-8-6-10-3-4-13(7)8/h3-6H,1-2H3. The summed E-state index contributed by atoms with van der Waals surface area (Å²) in [5, 5.41) is 0. The molecule has 0 radical (unpaired) electrons. The largest absolute Gasteiger partial charge is 0.343 e. The molecule has 0 aliphatic heterocycles. The van der Waals surface area contributed by atoms with Crippen molar-refractivity contribution in [2.24, 2.45) is 0 Å². The predicted octanol–water partition coefficient (Wildman–Crippen LogP) is 0.431. The van der Waals surface area contributed by atoms with Gasteiger partial charge in [0.05, 0.1) is 12.4 Å². The summed E-state index contributed by atoms with van der Waals surface area (Å²) in [5.74, 6) is -0.0660. The minimum absolute atomic E-state index is 0.0660. The quantitative estimate of drug-likeness (QED) is 0.655. The van der Waals surface area contributed by atoms with E-state index in [4.69, 9.17) is 0 Å². The number of carbonyl (C=O) groups excluding carboxylic acids is 1. The number of amides is 1. The maximum Gasteiger partial charge on any atom is 0.271 e. The van der Waals surface area contributed by atoms with Crippen molar-refractivity contribution in [3.05, 3.63) is 30.5 Å². The summed E-state index contributed by atoms with van der Waals surface area (Å²) in [6.07, 6.45) is 6.52. The first-order valence-electron chi connectivity index (χ1n) is 4.19. The van der Waals surface area contributed by atoms with Crippen molar-refractivity contribution in [3.8, 4) is 0 Å². The molecule has 0 saturated heterocycles. The van der Waals surface area contributed by atoms with Crippen molar-refractivity contribution in [3.63, 3.8) is 0 Å². The van der Waals surface area contributed by atoms with Crippen LogP contribution in [-0.4, -0.2) is 39.3 Å². The highest BCUT2D eigenvalue weighted by Crippen LogP contribution is 2.06. The van der Waals surface area contributed by atoms with Crippen LogP contribution in [0.4, 0.5) is 0 Å². The van der Waals surface area contributed by atoms with Gasteiger partial charge in [-0.15, -0.1) is 0 Å². The molecule has 0 aliphatic carbocycles. The van der Waals surface area contributed by atoms with E-state index in [1.54, 1.807) is 43.3 Å². The number of hydrogen-bond donors (Lipinski definition) is 0. The van der Waals surface area contributed by atoms with Gasteiger partial charge in [0.1, 0.15) is 5.69 Å². The van der Waals surface area contributed by atoms with Gasteiger partial charge in [0.15, 0.2) is 5.65 Å². The molecule has 2 rings (SSSR count). The molecule has 0 unspecified atom stereocenters. The van der Waals surface area contributed by atoms with E-state index in [2.05, 4.69) is 9.97 Å². The minimum Gasteiger partial charge on any atom is -0.343 e. The number of nitrogens with zero attached hydrogens (tertiary/aromatic N) is 4. The Morgan fingerprint density at radius 1 is 1.43 bits per heavy atom. The zero-order valence-corrected chi connectivity index (χ0v) is 8.01. The number of rotatable bonds is 1. The Kier molecular flexibility index (Phi) is 1.92. The van der Waals surface area contributed by atoms with Gasteiger partial charge in [-0.2, -0.15) is 0 Å². The molecule has 0 saturated carbocycles. The summed E-state index contributed by atoms with van der Waals surface area (Å²) in [6.45, 7) is 0. The van der Waals surface area contributed by atoms with Crippen LogP contribution in [0.3, 0.4) is 0 Å². The van der Waals surface area contributed by atoms with Crippen LogP contribution in [0.5, 0.6) is 0 Å². The molecule has 0 fully saturated rings. The van der Waals surface area contributed by atoms with Gasteiger partial charge in [0, 0.05) is 26.5 Å². The van der Waals surface area contributed by atoms with Gasteiger partial charge in [-0.25, -0.2) is 4.98 Å². The second-order valence-electron chi connectivity index (χ2n) is 3.15. The van der Waals surface area contributed by atoms with Crippen LogP contribution < -0.4 is 0 Å². The summed E-state index contributed by atoms with van der Waals surface area (Å²) in [4.78, 5) is 21.2. The van der Waals surface area contributed by atoms with Crippen LogP contribution in [0, 0.1) is 0 Å². The number of aromatic nitrogens is 3. The van der Waals surface area contributed by atoms with Crippen LogP contribution in [0.15, 0.2) is 24.8 Å². The molecular weight excluding hydrogens is 180 g/mol. The molecule has 0 spiro atoms. The Morgan fingerprint density at radius 2 is 2.21 bits per heavy atom. The zero-order chi connectivity index (χ0) is 10.1. The third-order valence-electron chi connectivity index (χ3n) is 1.94.